The molecular formula is C21H23Cl2N5O4S3. The lowest BCUT2D eigenvalue weighted by atomic mass is 9.96. The summed E-state index contributed by atoms with van der Waals surface area (Å²) in [5.41, 5.74) is 0.726. The van der Waals surface area contributed by atoms with Crippen molar-refractivity contribution < 1.29 is 16.8 Å². The van der Waals surface area contributed by atoms with E-state index in [1.54, 1.807) is 10.7 Å². The standard InChI is InChI=1S/C21H23Cl2N5O4S3/c1-28-21(25-14-5-3-2-4-6-14)33-20(26-28)13-7-9-19(16(22)11-13)35(31,32)27-15-8-10-18(17(23)12-15)34(24,29)30/h7-12,14,27H,2-6H2,1H3,(H2,24,29,30). The topological polar surface area (TPSA) is 137 Å². The van der Waals surface area contributed by atoms with Gasteiger partial charge in [-0.2, -0.15) is 5.10 Å². The van der Waals surface area contributed by atoms with Crippen molar-refractivity contribution in [2.75, 3.05) is 4.72 Å². The molecule has 0 atom stereocenters. The lowest BCUT2D eigenvalue weighted by Crippen LogP contribution is -2.18. The second kappa shape index (κ2) is 10.2. The van der Waals surface area contributed by atoms with Gasteiger partial charge in [0.05, 0.1) is 21.8 Å². The number of primary sulfonamides is 1. The fraction of sp³-hybridized carbons (Fsp3) is 0.333. The first-order chi connectivity index (χ1) is 16.4. The normalized spacial score (nSPS) is 15.9. The molecule has 1 aromatic heterocycles. The monoisotopic (exact) mass is 575 g/mol. The van der Waals surface area contributed by atoms with Gasteiger partial charge in [-0.15, -0.1) is 0 Å². The van der Waals surface area contributed by atoms with Crippen LogP contribution in [-0.2, 0) is 27.1 Å². The van der Waals surface area contributed by atoms with E-state index >= 15 is 0 Å². The Labute approximate surface area is 217 Å². The fourth-order valence-electron chi connectivity index (χ4n) is 3.80. The van der Waals surface area contributed by atoms with Gasteiger partial charge in [-0.05, 0) is 43.2 Å². The van der Waals surface area contributed by atoms with Crippen LogP contribution in [-0.4, -0.2) is 32.7 Å². The first-order valence-corrected chi connectivity index (χ1v) is 15.3. The minimum atomic E-state index is -4.09. The Morgan fingerprint density at radius 1 is 1.03 bits per heavy atom. The van der Waals surface area contributed by atoms with Crippen LogP contribution in [0.1, 0.15) is 32.1 Å². The van der Waals surface area contributed by atoms with E-state index in [1.165, 1.54) is 48.8 Å². The summed E-state index contributed by atoms with van der Waals surface area (Å²) >= 11 is 13.7. The van der Waals surface area contributed by atoms with Gasteiger partial charge in [0.25, 0.3) is 10.0 Å². The number of nitrogens with one attached hydrogen (secondary N) is 1. The fourth-order valence-corrected chi connectivity index (χ4v) is 7.44. The van der Waals surface area contributed by atoms with Crippen molar-refractivity contribution >= 4 is 60.3 Å². The van der Waals surface area contributed by atoms with Gasteiger partial charge in [-0.1, -0.05) is 59.9 Å². The van der Waals surface area contributed by atoms with Gasteiger partial charge < -0.3 is 0 Å². The third-order valence-electron chi connectivity index (χ3n) is 5.53. The zero-order chi connectivity index (χ0) is 25.4. The highest BCUT2D eigenvalue weighted by Crippen LogP contribution is 2.31. The molecule has 3 N–H and O–H groups in total. The van der Waals surface area contributed by atoms with Crippen molar-refractivity contribution in [1.82, 2.24) is 9.78 Å². The summed E-state index contributed by atoms with van der Waals surface area (Å²) in [6.45, 7) is 0. The van der Waals surface area contributed by atoms with E-state index in [4.69, 9.17) is 33.3 Å². The number of aromatic nitrogens is 2. The number of nitrogens with two attached hydrogens (primary N) is 1. The maximum atomic E-state index is 12.9. The van der Waals surface area contributed by atoms with E-state index in [0.717, 1.165) is 29.8 Å². The molecule has 9 nitrogen and oxygen atoms in total. The van der Waals surface area contributed by atoms with Gasteiger partial charge in [0, 0.05) is 12.6 Å². The largest absolute Gasteiger partial charge is 0.280 e. The zero-order valence-electron chi connectivity index (χ0n) is 18.6. The SMILES string of the molecule is Cn1nc(-c2ccc(S(=O)(=O)Nc3ccc(S(N)(=O)=O)c(Cl)c3)c(Cl)c2)sc1=NC1CCCCC1. The molecule has 0 saturated heterocycles. The Morgan fingerprint density at radius 2 is 1.69 bits per heavy atom. The van der Waals surface area contributed by atoms with Gasteiger partial charge in [-0.3, -0.25) is 9.71 Å². The van der Waals surface area contributed by atoms with Crippen LogP contribution < -0.4 is 14.7 Å². The molecular weight excluding hydrogens is 553 g/mol. The van der Waals surface area contributed by atoms with Crippen LogP contribution in [0.25, 0.3) is 10.6 Å². The van der Waals surface area contributed by atoms with Gasteiger partial charge in [0.15, 0.2) is 0 Å². The first kappa shape index (κ1) is 26.1. The lowest BCUT2D eigenvalue weighted by Gasteiger charge is -2.16. The molecule has 2 aromatic carbocycles. The molecule has 188 valence electrons. The molecule has 0 radical (unpaired) electrons. The van der Waals surface area contributed by atoms with E-state index in [0.29, 0.717) is 16.6 Å². The van der Waals surface area contributed by atoms with Crippen molar-refractivity contribution in [3.63, 3.8) is 0 Å². The third kappa shape index (κ3) is 6.07. The van der Waals surface area contributed by atoms with Crippen LogP contribution in [0.2, 0.25) is 10.0 Å². The molecule has 14 heteroatoms. The maximum absolute atomic E-state index is 12.9. The number of anilines is 1. The third-order valence-corrected chi connectivity index (χ3v) is 9.85. The molecule has 0 aliphatic heterocycles. The predicted molar refractivity (Wildman–Crippen MR) is 138 cm³/mol. The van der Waals surface area contributed by atoms with Crippen molar-refractivity contribution in [1.29, 1.82) is 0 Å². The Morgan fingerprint density at radius 3 is 2.31 bits per heavy atom. The number of aryl methyl sites for hydroxylation is 1. The summed E-state index contributed by atoms with van der Waals surface area (Å²) in [6, 6.07) is 8.39. The van der Waals surface area contributed by atoms with Gasteiger partial charge in [-0.25, -0.2) is 26.7 Å². The molecule has 1 aliphatic carbocycles. The average molecular weight is 577 g/mol. The molecule has 1 heterocycles. The maximum Gasteiger partial charge on any atom is 0.263 e. The second-order valence-electron chi connectivity index (χ2n) is 8.18. The van der Waals surface area contributed by atoms with Crippen molar-refractivity contribution in [3.8, 4) is 10.6 Å². The number of hydrogen-bond acceptors (Lipinski definition) is 7. The Hall–Kier alpha value is -1.96. The molecule has 0 unspecified atom stereocenters. The minimum Gasteiger partial charge on any atom is -0.280 e. The van der Waals surface area contributed by atoms with Gasteiger partial charge in [0.1, 0.15) is 14.8 Å². The Bertz CT molecular complexity index is 1540. The number of sulfonamides is 2. The first-order valence-electron chi connectivity index (χ1n) is 10.7. The minimum absolute atomic E-state index is 0.00544. The van der Waals surface area contributed by atoms with Crippen LogP contribution >= 0.6 is 34.5 Å². The van der Waals surface area contributed by atoms with Crippen LogP contribution in [0, 0.1) is 0 Å². The Kier molecular flexibility index (Phi) is 7.60. The summed E-state index contributed by atoms with van der Waals surface area (Å²) in [7, 11) is -6.30. The summed E-state index contributed by atoms with van der Waals surface area (Å²) < 4.78 is 53.0. The number of benzene rings is 2. The van der Waals surface area contributed by atoms with Crippen molar-refractivity contribution in [3.05, 3.63) is 51.2 Å². The molecule has 0 spiro atoms. The van der Waals surface area contributed by atoms with Gasteiger partial charge in [0.2, 0.25) is 14.8 Å². The van der Waals surface area contributed by atoms with Crippen molar-refractivity contribution in [2.24, 2.45) is 17.2 Å². The van der Waals surface area contributed by atoms with Crippen molar-refractivity contribution in [2.45, 2.75) is 47.9 Å². The summed E-state index contributed by atoms with van der Waals surface area (Å²) in [4.78, 5) is 5.19. The molecule has 0 amide bonds. The molecule has 1 aliphatic rings. The molecule has 35 heavy (non-hydrogen) atoms. The molecule has 0 bridgehead atoms. The molecule has 1 saturated carbocycles. The Balaban J connectivity index is 1.59. The van der Waals surface area contributed by atoms with Crippen LogP contribution in [0.3, 0.4) is 0 Å². The van der Waals surface area contributed by atoms with E-state index in [-0.39, 0.29) is 25.5 Å². The summed E-state index contributed by atoms with van der Waals surface area (Å²) in [5, 5.41) is 10.1. The van der Waals surface area contributed by atoms with Gasteiger partial charge >= 0.3 is 0 Å². The van der Waals surface area contributed by atoms with E-state index in [1.807, 2.05) is 7.05 Å². The van der Waals surface area contributed by atoms with Crippen LogP contribution in [0.4, 0.5) is 5.69 Å². The highest BCUT2D eigenvalue weighted by atomic mass is 35.5. The smallest absolute Gasteiger partial charge is 0.263 e. The molecule has 3 aromatic rings. The lowest BCUT2D eigenvalue weighted by molar-refractivity contribution is 0.434. The number of halogens is 2. The number of hydrogen-bond donors (Lipinski definition) is 2. The zero-order valence-corrected chi connectivity index (χ0v) is 22.6. The second-order valence-corrected chi connectivity index (χ2v) is 13.1. The number of nitrogens with zero attached hydrogens (tertiary/aromatic N) is 3. The van der Waals surface area contributed by atoms with Crippen LogP contribution in [0.15, 0.2) is 51.2 Å². The van der Waals surface area contributed by atoms with E-state index in [2.05, 4.69) is 9.82 Å². The highest BCUT2D eigenvalue weighted by molar-refractivity contribution is 7.92. The van der Waals surface area contributed by atoms with Crippen LogP contribution in [0.5, 0.6) is 0 Å². The summed E-state index contributed by atoms with van der Waals surface area (Å²) in [6.07, 6.45) is 5.78. The molecule has 1 fully saturated rings. The molecule has 4 rings (SSSR count). The van der Waals surface area contributed by atoms with E-state index < -0.39 is 20.0 Å². The van der Waals surface area contributed by atoms with E-state index in [9.17, 15) is 16.8 Å². The quantitative estimate of drug-likeness (QED) is 0.455. The highest BCUT2D eigenvalue weighted by Gasteiger charge is 2.21. The predicted octanol–water partition coefficient (Wildman–Crippen LogP) is 4.14. The number of rotatable bonds is 6. The average Bonchev–Trinajstić information content (AvgIpc) is 3.13. The summed E-state index contributed by atoms with van der Waals surface area (Å²) in [5.74, 6) is 0.